The van der Waals surface area contributed by atoms with Crippen molar-refractivity contribution >= 4 is 0 Å². The Morgan fingerprint density at radius 3 is 1.70 bits per heavy atom. The fourth-order valence-corrected chi connectivity index (χ4v) is 3.71. The lowest BCUT2D eigenvalue weighted by molar-refractivity contribution is -0.0269. The van der Waals surface area contributed by atoms with Gasteiger partial charge in [0.05, 0.1) is 26.0 Å². The van der Waals surface area contributed by atoms with E-state index in [-0.39, 0.29) is 12.8 Å². The first-order chi connectivity index (χ1) is 14.9. The molecule has 1 aromatic carbocycles. The predicted octanol–water partition coefficient (Wildman–Crippen LogP) is 8.43. The fourth-order valence-electron chi connectivity index (χ4n) is 3.71. The molecule has 0 saturated carbocycles. The van der Waals surface area contributed by atoms with Crippen LogP contribution in [0.4, 0.5) is 4.39 Å². The minimum Gasteiger partial charge on any atom is -0.379 e. The van der Waals surface area contributed by atoms with Crippen LogP contribution >= 0.6 is 0 Å². The molecule has 1 aromatic rings. The first-order valence-electron chi connectivity index (χ1n) is 12.7. The highest BCUT2D eigenvalue weighted by molar-refractivity contribution is 5.13. The molecular formula is C27H47FO2. The van der Waals surface area contributed by atoms with Crippen molar-refractivity contribution in [1.29, 1.82) is 0 Å². The van der Waals surface area contributed by atoms with Crippen LogP contribution in [0.1, 0.15) is 109 Å². The zero-order valence-corrected chi connectivity index (χ0v) is 19.6. The number of benzene rings is 1. The standard InChI is InChI=1S/C27H47FO2/c1-2-27(30-24-26-20-16-15-17-21-26)25-29-23-19-14-12-10-8-6-4-3-5-7-9-11-13-18-22-28/h15-17,20-21,27H,2-14,18-19,22-25H2,1H3. The summed E-state index contributed by atoms with van der Waals surface area (Å²) in [5.41, 5.74) is 1.22. The van der Waals surface area contributed by atoms with Gasteiger partial charge in [0.2, 0.25) is 0 Å². The Kier molecular flexibility index (Phi) is 19.3. The average Bonchev–Trinajstić information content (AvgIpc) is 2.78. The van der Waals surface area contributed by atoms with Gasteiger partial charge in [0.1, 0.15) is 0 Å². The summed E-state index contributed by atoms with van der Waals surface area (Å²) in [6.07, 6.45) is 18.9. The number of hydrogen-bond acceptors (Lipinski definition) is 2. The minimum atomic E-state index is -0.142. The largest absolute Gasteiger partial charge is 0.379 e. The third-order valence-electron chi connectivity index (χ3n) is 5.76. The summed E-state index contributed by atoms with van der Waals surface area (Å²) < 4.78 is 23.8. The predicted molar refractivity (Wildman–Crippen MR) is 127 cm³/mol. The summed E-state index contributed by atoms with van der Waals surface area (Å²) in [6.45, 7) is 4.25. The maximum Gasteiger partial charge on any atom is 0.0894 e. The van der Waals surface area contributed by atoms with Gasteiger partial charge >= 0.3 is 0 Å². The third-order valence-corrected chi connectivity index (χ3v) is 5.76. The van der Waals surface area contributed by atoms with Gasteiger partial charge in [-0.15, -0.1) is 0 Å². The molecule has 0 saturated heterocycles. The normalized spacial score (nSPS) is 12.3. The molecule has 2 nitrogen and oxygen atoms in total. The summed E-state index contributed by atoms with van der Waals surface area (Å²) >= 11 is 0. The molecule has 0 fully saturated rings. The van der Waals surface area contributed by atoms with Gasteiger partial charge in [-0.25, -0.2) is 0 Å². The van der Waals surface area contributed by atoms with Gasteiger partial charge in [0, 0.05) is 6.61 Å². The first-order valence-corrected chi connectivity index (χ1v) is 12.7. The maximum atomic E-state index is 12.0. The van der Waals surface area contributed by atoms with E-state index in [2.05, 4.69) is 31.2 Å². The van der Waals surface area contributed by atoms with Crippen LogP contribution in [-0.4, -0.2) is 26.0 Å². The molecular weight excluding hydrogens is 375 g/mol. The molecule has 0 aliphatic rings. The van der Waals surface area contributed by atoms with Crippen molar-refractivity contribution in [2.75, 3.05) is 19.9 Å². The molecule has 0 aromatic heterocycles. The average molecular weight is 423 g/mol. The van der Waals surface area contributed by atoms with Crippen molar-refractivity contribution in [1.82, 2.24) is 0 Å². The molecule has 1 atom stereocenters. The quantitative estimate of drug-likeness (QED) is 0.175. The molecule has 0 bridgehead atoms. The summed E-state index contributed by atoms with van der Waals surface area (Å²) in [4.78, 5) is 0. The van der Waals surface area contributed by atoms with E-state index in [0.717, 1.165) is 32.3 Å². The number of halogens is 1. The van der Waals surface area contributed by atoms with E-state index in [1.807, 2.05) is 6.07 Å². The number of unbranched alkanes of at least 4 members (excludes halogenated alkanes) is 13. The Balaban J connectivity index is 1.79. The summed E-state index contributed by atoms with van der Waals surface area (Å²) in [7, 11) is 0. The van der Waals surface area contributed by atoms with Gasteiger partial charge in [-0.1, -0.05) is 114 Å². The second-order valence-corrected chi connectivity index (χ2v) is 8.54. The molecule has 0 N–H and O–H groups in total. The van der Waals surface area contributed by atoms with E-state index in [0.29, 0.717) is 13.2 Å². The highest BCUT2D eigenvalue weighted by atomic mass is 19.1. The molecule has 30 heavy (non-hydrogen) atoms. The summed E-state index contributed by atoms with van der Waals surface area (Å²) in [6, 6.07) is 10.3. The fraction of sp³-hybridized carbons (Fsp3) is 0.778. The molecule has 0 spiro atoms. The number of rotatable bonds is 22. The zero-order chi connectivity index (χ0) is 21.5. The SMILES string of the molecule is CCC(COCCCCCCCCCCCCCCCCF)OCc1ccccc1. The summed E-state index contributed by atoms with van der Waals surface area (Å²) in [5, 5.41) is 0. The number of alkyl halides is 1. The molecule has 0 heterocycles. The lowest BCUT2D eigenvalue weighted by atomic mass is 10.0. The highest BCUT2D eigenvalue weighted by Crippen LogP contribution is 2.13. The maximum absolute atomic E-state index is 12.0. The van der Waals surface area contributed by atoms with E-state index >= 15 is 0 Å². The van der Waals surface area contributed by atoms with Crippen LogP contribution in [0, 0.1) is 0 Å². The minimum absolute atomic E-state index is 0.142. The van der Waals surface area contributed by atoms with Gasteiger partial charge in [-0.3, -0.25) is 4.39 Å². The van der Waals surface area contributed by atoms with Gasteiger partial charge in [-0.05, 0) is 24.8 Å². The molecule has 0 radical (unpaired) electrons. The summed E-state index contributed by atoms with van der Waals surface area (Å²) in [5.74, 6) is 0. The van der Waals surface area contributed by atoms with Gasteiger partial charge in [0.15, 0.2) is 0 Å². The van der Waals surface area contributed by atoms with Crippen LogP contribution in [-0.2, 0) is 16.1 Å². The lowest BCUT2D eigenvalue weighted by Crippen LogP contribution is -2.19. The number of ether oxygens (including phenoxy) is 2. The van der Waals surface area contributed by atoms with Crippen molar-refractivity contribution in [2.24, 2.45) is 0 Å². The zero-order valence-electron chi connectivity index (χ0n) is 19.6. The smallest absolute Gasteiger partial charge is 0.0894 e. The van der Waals surface area contributed by atoms with Gasteiger partial charge < -0.3 is 9.47 Å². The first kappa shape index (κ1) is 27.1. The third kappa shape index (κ3) is 16.8. The second-order valence-electron chi connectivity index (χ2n) is 8.54. The molecule has 3 heteroatoms. The van der Waals surface area contributed by atoms with E-state index in [1.165, 1.54) is 76.2 Å². The molecule has 1 rings (SSSR count). The Labute approximate surface area is 185 Å². The highest BCUT2D eigenvalue weighted by Gasteiger charge is 2.07. The molecule has 0 aliphatic heterocycles. The van der Waals surface area contributed by atoms with Crippen LogP contribution in [0.25, 0.3) is 0 Å². The van der Waals surface area contributed by atoms with E-state index in [9.17, 15) is 4.39 Å². The molecule has 0 aliphatic carbocycles. The van der Waals surface area contributed by atoms with Crippen molar-refractivity contribution in [3.8, 4) is 0 Å². The lowest BCUT2D eigenvalue weighted by Gasteiger charge is -2.16. The topological polar surface area (TPSA) is 18.5 Å². The van der Waals surface area contributed by atoms with E-state index < -0.39 is 0 Å². The second kappa shape index (κ2) is 21.3. The van der Waals surface area contributed by atoms with Crippen molar-refractivity contribution < 1.29 is 13.9 Å². The van der Waals surface area contributed by atoms with Crippen LogP contribution in [0.3, 0.4) is 0 Å². The van der Waals surface area contributed by atoms with E-state index in [1.54, 1.807) is 0 Å². The van der Waals surface area contributed by atoms with Gasteiger partial charge in [-0.2, -0.15) is 0 Å². The number of hydrogen-bond donors (Lipinski definition) is 0. The van der Waals surface area contributed by atoms with Crippen LogP contribution < -0.4 is 0 Å². The van der Waals surface area contributed by atoms with Gasteiger partial charge in [0.25, 0.3) is 0 Å². The monoisotopic (exact) mass is 422 g/mol. The van der Waals surface area contributed by atoms with Crippen LogP contribution in [0.5, 0.6) is 0 Å². The molecule has 0 amide bonds. The Morgan fingerprint density at radius 2 is 1.20 bits per heavy atom. The van der Waals surface area contributed by atoms with Crippen molar-refractivity contribution in [3.63, 3.8) is 0 Å². The Hall–Kier alpha value is -0.930. The van der Waals surface area contributed by atoms with Crippen molar-refractivity contribution in [2.45, 2.75) is 116 Å². The van der Waals surface area contributed by atoms with Crippen LogP contribution in [0.2, 0.25) is 0 Å². The molecule has 174 valence electrons. The Morgan fingerprint density at radius 1 is 0.700 bits per heavy atom. The van der Waals surface area contributed by atoms with Crippen molar-refractivity contribution in [3.05, 3.63) is 35.9 Å². The Bertz CT molecular complexity index is 451. The van der Waals surface area contributed by atoms with E-state index in [4.69, 9.17) is 9.47 Å². The van der Waals surface area contributed by atoms with Crippen LogP contribution in [0.15, 0.2) is 30.3 Å². The molecule has 1 unspecified atom stereocenters.